The van der Waals surface area contributed by atoms with Crippen LogP contribution in [-0.2, 0) is 5.54 Å². The summed E-state index contributed by atoms with van der Waals surface area (Å²) in [6.45, 7) is 0.0120. The minimum Gasteiger partial charge on any atom is -0.491 e. The van der Waals surface area contributed by atoms with Gasteiger partial charge < -0.3 is 19.9 Å². The predicted molar refractivity (Wildman–Crippen MR) is 113 cm³/mol. The molecule has 1 aromatic heterocycles. The Labute approximate surface area is 204 Å². The number of hydrogen-bond donors (Lipinski definition) is 2. The van der Waals surface area contributed by atoms with Crippen molar-refractivity contribution in [3.05, 3.63) is 89.0 Å². The number of fused-ring (bicyclic) bond motifs is 1. The van der Waals surface area contributed by atoms with Crippen LogP contribution in [0, 0.1) is 5.82 Å². The van der Waals surface area contributed by atoms with Crippen molar-refractivity contribution in [3.63, 3.8) is 0 Å². The number of ether oxygens (including phenoxy) is 2. The Morgan fingerprint density at radius 2 is 1.78 bits per heavy atom. The topological polar surface area (TPSA) is 80.7 Å². The summed E-state index contributed by atoms with van der Waals surface area (Å²) in [6.07, 6.45) is -11.4. The SMILES string of the molecule is O=C(N[C@]1(c2ccc(OC(F)(F)F)c(F)c2)CCOc2cccnc21)c1ccc([C@H](O)C(F)(F)F)cc1. The maximum absolute atomic E-state index is 14.7. The average Bonchev–Trinajstić information content (AvgIpc) is 2.83. The Balaban J connectivity index is 1.73. The molecular formula is C24H17F7N2O4. The van der Waals surface area contributed by atoms with E-state index in [2.05, 4.69) is 15.0 Å². The van der Waals surface area contributed by atoms with Crippen LogP contribution in [0.1, 0.15) is 39.7 Å². The van der Waals surface area contributed by atoms with E-state index in [4.69, 9.17) is 4.74 Å². The molecule has 0 spiro atoms. The normalized spacial score (nSPS) is 18.4. The highest BCUT2D eigenvalue weighted by molar-refractivity contribution is 5.95. The van der Waals surface area contributed by atoms with E-state index in [1.807, 2.05) is 0 Å². The third kappa shape index (κ3) is 5.45. The lowest BCUT2D eigenvalue weighted by Crippen LogP contribution is -2.50. The first kappa shape index (κ1) is 26.2. The lowest BCUT2D eigenvalue weighted by atomic mass is 9.81. The summed E-state index contributed by atoms with van der Waals surface area (Å²) < 4.78 is 100. The van der Waals surface area contributed by atoms with E-state index < -0.39 is 47.2 Å². The van der Waals surface area contributed by atoms with Crippen LogP contribution in [-0.4, -0.2) is 35.1 Å². The van der Waals surface area contributed by atoms with Gasteiger partial charge in [-0.3, -0.25) is 9.78 Å². The zero-order valence-corrected chi connectivity index (χ0v) is 18.5. The van der Waals surface area contributed by atoms with E-state index in [1.165, 1.54) is 12.3 Å². The molecule has 4 rings (SSSR count). The van der Waals surface area contributed by atoms with Gasteiger partial charge in [0.1, 0.15) is 17.0 Å². The van der Waals surface area contributed by atoms with Gasteiger partial charge in [-0.05, 0) is 47.5 Å². The minimum absolute atomic E-state index is 0.00740. The van der Waals surface area contributed by atoms with Gasteiger partial charge in [0.05, 0.1) is 6.61 Å². The number of aliphatic hydroxyl groups is 1. The molecule has 196 valence electrons. The Hall–Kier alpha value is -3.87. The molecule has 0 aliphatic carbocycles. The maximum Gasteiger partial charge on any atom is 0.573 e. The van der Waals surface area contributed by atoms with Gasteiger partial charge in [-0.15, -0.1) is 13.2 Å². The molecule has 2 atom stereocenters. The van der Waals surface area contributed by atoms with Crippen molar-refractivity contribution in [2.24, 2.45) is 0 Å². The highest BCUT2D eigenvalue weighted by Crippen LogP contribution is 2.42. The third-order valence-electron chi connectivity index (χ3n) is 5.69. The highest BCUT2D eigenvalue weighted by atomic mass is 19.4. The Bertz CT molecular complexity index is 1300. The quantitative estimate of drug-likeness (QED) is 0.445. The molecule has 0 fully saturated rings. The standard InChI is InChI=1S/C24H17F7N2O4/c25-16-12-15(7-8-17(16)37-24(29,30)31)22(9-11-36-18-2-1-10-32-19(18)22)33-21(35)14-5-3-13(4-6-14)20(34)23(26,27)28/h1-8,10,12,20,34H,9,11H2,(H,33,35)/t20-,22-/m0/s1. The summed E-state index contributed by atoms with van der Waals surface area (Å²) in [5.74, 6) is -3.00. The zero-order chi connectivity index (χ0) is 27.0. The van der Waals surface area contributed by atoms with E-state index >= 15 is 0 Å². The van der Waals surface area contributed by atoms with Crippen molar-refractivity contribution in [1.82, 2.24) is 10.3 Å². The summed E-state index contributed by atoms with van der Waals surface area (Å²) >= 11 is 0. The lowest BCUT2D eigenvalue weighted by Gasteiger charge is -2.39. The molecule has 6 nitrogen and oxygen atoms in total. The molecule has 0 radical (unpaired) electrons. The first-order chi connectivity index (χ1) is 17.3. The second-order valence-corrected chi connectivity index (χ2v) is 8.07. The summed E-state index contributed by atoms with van der Waals surface area (Å²) in [4.78, 5) is 17.4. The van der Waals surface area contributed by atoms with Gasteiger partial charge in [0.2, 0.25) is 0 Å². The monoisotopic (exact) mass is 530 g/mol. The molecule has 3 aromatic rings. The van der Waals surface area contributed by atoms with E-state index in [9.17, 15) is 40.6 Å². The molecule has 0 saturated carbocycles. The largest absolute Gasteiger partial charge is 0.573 e. The van der Waals surface area contributed by atoms with E-state index in [-0.39, 0.29) is 35.6 Å². The molecule has 0 bridgehead atoms. The average molecular weight is 530 g/mol. The summed E-state index contributed by atoms with van der Waals surface area (Å²) in [7, 11) is 0. The van der Waals surface area contributed by atoms with Crippen molar-refractivity contribution < 1.29 is 50.1 Å². The molecule has 2 aromatic carbocycles. The molecule has 1 aliphatic rings. The number of nitrogens with one attached hydrogen (secondary N) is 1. The number of alkyl halides is 6. The van der Waals surface area contributed by atoms with Gasteiger partial charge >= 0.3 is 12.5 Å². The van der Waals surface area contributed by atoms with E-state index in [0.29, 0.717) is 0 Å². The molecule has 1 amide bonds. The molecule has 0 unspecified atom stereocenters. The molecule has 1 aliphatic heterocycles. The fourth-order valence-corrected chi connectivity index (χ4v) is 3.98. The maximum atomic E-state index is 14.7. The lowest BCUT2D eigenvalue weighted by molar-refractivity contribution is -0.275. The predicted octanol–water partition coefficient (Wildman–Crippen LogP) is 5.17. The van der Waals surface area contributed by atoms with Crippen molar-refractivity contribution in [3.8, 4) is 11.5 Å². The van der Waals surface area contributed by atoms with Crippen LogP contribution < -0.4 is 14.8 Å². The number of amides is 1. The first-order valence-corrected chi connectivity index (χ1v) is 10.6. The van der Waals surface area contributed by atoms with Crippen LogP contribution in [0.15, 0.2) is 60.8 Å². The number of nitrogens with zero attached hydrogens (tertiary/aromatic N) is 1. The number of pyridine rings is 1. The number of benzene rings is 2. The smallest absolute Gasteiger partial charge is 0.491 e. The van der Waals surface area contributed by atoms with E-state index in [1.54, 1.807) is 6.07 Å². The number of hydrogen-bond acceptors (Lipinski definition) is 5. The Morgan fingerprint density at radius 3 is 2.41 bits per heavy atom. The molecule has 2 heterocycles. The minimum atomic E-state index is -5.13. The van der Waals surface area contributed by atoms with Crippen molar-refractivity contribution >= 4 is 5.91 Å². The molecular weight excluding hydrogens is 513 g/mol. The van der Waals surface area contributed by atoms with Crippen molar-refractivity contribution in [2.75, 3.05) is 6.61 Å². The molecule has 0 saturated heterocycles. The number of rotatable bonds is 5. The number of halogens is 7. The van der Waals surface area contributed by atoms with Crippen LogP contribution in [0.5, 0.6) is 11.5 Å². The third-order valence-corrected chi connectivity index (χ3v) is 5.69. The second kappa shape index (κ2) is 9.54. The van der Waals surface area contributed by atoms with Crippen LogP contribution >= 0.6 is 0 Å². The van der Waals surface area contributed by atoms with Gasteiger partial charge in [0, 0.05) is 18.2 Å². The van der Waals surface area contributed by atoms with Crippen LogP contribution in [0.3, 0.4) is 0 Å². The Morgan fingerprint density at radius 1 is 1.08 bits per heavy atom. The zero-order valence-electron chi connectivity index (χ0n) is 18.5. The van der Waals surface area contributed by atoms with Gasteiger partial charge in [0.15, 0.2) is 17.7 Å². The van der Waals surface area contributed by atoms with Crippen molar-refractivity contribution in [1.29, 1.82) is 0 Å². The fraction of sp³-hybridized carbons (Fsp3) is 0.250. The van der Waals surface area contributed by atoms with E-state index in [0.717, 1.165) is 42.5 Å². The number of carbonyl (C=O) groups is 1. The molecule has 2 N–H and O–H groups in total. The first-order valence-electron chi connectivity index (χ1n) is 10.6. The van der Waals surface area contributed by atoms with Gasteiger partial charge in [-0.1, -0.05) is 18.2 Å². The van der Waals surface area contributed by atoms with Crippen LogP contribution in [0.4, 0.5) is 30.7 Å². The number of carbonyl (C=O) groups excluding carboxylic acids is 1. The molecule has 13 heteroatoms. The van der Waals surface area contributed by atoms with Crippen LogP contribution in [0.2, 0.25) is 0 Å². The second-order valence-electron chi connectivity index (χ2n) is 8.07. The summed E-state index contributed by atoms with van der Waals surface area (Å²) in [6, 6.07) is 9.73. The Kier molecular flexibility index (Phi) is 6.76. The summed E-state index contributed by atoms with van der Waals surface area (Å²) in [5, 5.41) is 12.1. The molecule has 37 heavy (non-hydrogen) atoms. The van der Waals surface area contributed by atoms with Crippen LogP contribution in [0.25, 0.3) is 0 Å². The van der Waals surface area contributed by atoms with Gasteiger partial charge in [0.25, 0.3) is 5.91 Å². The van der Waals surface area contributed by atoms with Gasteiger partial charge in [-0.25, -0.2) is 4.39 Å². The number of aromatic nitrogens is 1. The fourth-order valence-electron chi connectivity index (χ4n) is 3.98. The summed E-state index contributed by atoms with van der Waals surface area (Å²) in [5.41, 5.74) is -1.99. The van der Waals surface area contributed by atoms with Gasteiger partial charge in [-0.2, -0.15) is 13.2 Å². The van der Waals surface area contributed by atoms with Crippen molar-refractivity contribution in [2.45, 2.75) is 30.6 Å². The number of aliphatic hydroxyl groups excluding tert-OH is 1. The highest BCUT2D eigenvalue weighted by Gasteiger charge is 2.44.